The second kappa shape index (κ2) is 7.39. The lowest BCUT2D eigenvalue weighted by molar-refractivity contribution is 0.143. The molecule has 4 heterocycles. The van der Waals surface area contributed by atoms with Crippen molar-refractivity contribution in [3.05, 3.63) is 53.7 Å². The Morgan fingerprint density at radius 1 is 1.23 bits per heavy atom. The van der Waals surface area contributed by atoms with E-state index in [0.29, 0.717) is 5.92 Å². The van der Waals surface area contributed by atoms with Gasteiger partial charge in [-0.15, -0.1) is 0 Å². The van der Waals surface area contributed by atoms with Crippen LogP contribution in [0.1, 0.15) is 42.8 Å². The molecule has 9 heteroatoms. The van der Waals surface area contributed by atoms with Crippen LogP contribution in [0.2, 0.25) is 0 Å². The van der Waals surface area contributed by atoms with Crippen molar-refractivity contribution in [1.82, 2.24) is 34.3 Å². The zero-order valence-corrected chi connectivity index (χ0v) is 16.9. The number of nitrogens with zero attached hydrogens (tertiary/aromatic N) is 7. The van der Waals surface area contributed by atoms with Crippen molar-refractivity contribution in [2.24, 2.45) is 13.0 Å². The molecule has 156 valence electrons. The lowest BCUT2D eigenvalue weighted by Crippen LogP contribution is -2.39. The highest BCUT2D eigenvalue weighted by Gasteiger charge is 2.31. The zero-order chi connectivity index (χ0) is 20.8. The van der Waals surface area contributed by atoms with E-state index in [1.807, 2.05) is 23.9 Å². The first-order valence-electron chi connectivity index (χ1n) is 10.1. The number of halogens is 2. The minimum Gasteiger partial charge on any atom is -0.297 e. The summed E-state index contributed by atoms with van der Waals surface area (Å²) in [6, 6.07) is 9.70. The van der Waals surface area contributed by atoms with Crippen molar-refractivity contribution in [3.63, 3.8) is 0 Å². The van der Waals surface area contributed by atoms with E-state index in [2.05, 4.69) is 39.0 Å². The number of hydrogen-bond donors (Lipinski definition) is 0. The van der Waals surface area contributed by atoms with Crippen molar-refractivity contribution in [2.45, 2.75) is 32.2 Å². The molecule has 0 aliphatic carbocycles. The average Bonchev–Trinajstić information content (AvgIpc) is 3.34. The summed E-state index contributed by atoms with van der Waals surface area (Å²) in [5.74, 6) is 0.614. The molecule has 0 saturated carbocycles. The molecule has 0 amide bonds. The molecule has 0 radical (unpaired) electrons. The van der Waals surface area contributed by atoms with Gasteiger partial charge in [0, 0.05) is 31.4 Å². The third-order valence-electron chi connectivity index (χ3n) is 6.15. The van der Waals surface area contributed by atoms with Crippen LogP contribution in [0.15, 0.2) is 36.7 Å². The molecule has 0 spiro atoms. The van der Waals surface area contributed by atoms with Gasteiger partial charge in [-0.1, -0.05) is 25.1 Å². The molecule has 2 atom stereocenters. The fourth-order valence-corrected chi connectivity index (χ4v) is 4.51. The van der Waals surface area contributed by atoms with Gasteiger partial charge in [0.1, 0.15) is 12.0 Å². The molecule has 0 unspecified atom stereocenters. The summed E-state index contributed by atoms with van der Waals surface area (Å²) in [6.45, 7) is 4.57. The molecule has 1 aliphatic rings. The smallest absolute Gasteiger partial charge is 0.280 e. The maximum Gasteiger partial charge on any atom is 0.280 e. The van der Waals surface area contributed by atoms with E-state index >= 15 is 0 Å². The normalized spacial score (nSPS) is 20.6. The Kier molecular flexibility index (Phi) is 4.69. The molecule has 3 aromatic heterocycles. The van der Waals surface area contributed by atoms with Crippen molar-refractivity contribution >= 4 is 16.7 Å². The summed E-state index contributed by atoms with van der Waals surface area (Å²) < 4.78 is 30.4. The largest absolute Gasteiger partial charge is 0.297 e. The molecule has 1 aliphatic heterocycles. The molecule has 1 fully saturated rings. The van der Waals surface area contributed by atoms with Crippen LogP contribution in [0.25, 0.3) is 16.7 Å². The molecule has 1 saturated heterocycles. The standard InChI is InChI=1S/C21H23F2N7/c1-13-7-8-29(11-17-14-5-3-4-6-18(14)28(2)27-17)10-15(13)19-9-16(20(22)23)26-21-24-12-25-30(19)21/h3-6,9,12-13,15,20H,7-8,10-11H2,1-2H3/t13-,15-/m1/s1. The van der Waals surface area contributed by atoms with Gasteiger partial charge in [-0.05, 0) is 31.0 Å². The lowest BCUT2D eigenvalue weighted by atomic mass is 9.84. The molecule has 0 N–H and O–H groups in total. The van der Waals surface area contributed by atoms with Gasteiger partial charge >= 0.3 is 0 Å². The summed E-state index contributed by atoms with van der Waals surface area (Å²) in [7, 11) is 1.96. The number of alkyl halides is 2. The van der Waals surface area contributed by atoms with Crippen LogP contribution >= 0.6 is 0 Å². The number of aryl methyl sites for hydroxylation is 1. The predicted octanol–water partition coefficient (Wildman–Crippen LogP) is 3.57. The third kappa shape index (κ3) is 3.23. The Hall–Kier alpha value is -2.94. The number of rotatable bonds is 4. The van der Waals surface area contributed by atoms with E-state index in [0.717, 1.165) is 48.3 Å². The minimum atomic E-state index is -2.64. The number of hydrogen-bond acceptors (Lipinski definition) is 5. The summed E-state index contributed by atoms with van der Waals surface area (Å²) >= 11 is 0. The maximum absolute atomic E-state index is 13.4. The van der Waals surface area contributed by atoms with Crippen LogP contribution in [-0.2, 0) is 13.6 Å². The minimum absolute atomic E-state index is 0.0541. The number of aromatic nitrogens is 6. The number of benzene rings is 1. The molecule has 30 heavy (non-hydrogen) atoms. The van der Waals surface area contributed by atoms with E-state index in [1.54, 1.807) is 4.52 Å². The van der Waals surface area contributed by atoms with E-state index in [1.165, 1.54) is 12.4 Å². The number of piperidine rings is 1. The van der Waals surface area contributed by atoms with Crippen molar-refractivity contribution in [3.8, 4) is 0 Å². The average molecular weight is 411 g/mol. The fourth-order valence-electron chi connectivity index (χ4n) is 4.51. The molecule has 4 aromatic rings. The Morgan fingerprint density at radius 2 is 2.07 bits per heavy atom. The molecule has 5 rings (SSSR count). The molecule has 7 nitrogen and oxygen atoms in total. The van der Waals surface area contributed by atoms with Crippen LogP contribution in [0.3, 0.4) is 0 Å². The summed E-state index contributed by atoms with van der Waals surface area (Å²) in [6.07, 6.45) is -0.301. The summed E-state index contributed by atoms with van der Waals surface area (Å²) in [5.41, 5.74) is 2.64. The van der Waals surface area contributed by atoms with Gasteiger partial charge in [0.15, 0.2) is 0 Å². The van der Waals surface area contributed by atoms with Gasteiger partial charge in [-0.3, -0.25) is 9.58 Å². The van der Waals surface area contributed by atoms with Gasteiger partial charge in [0.25, 0.3) is 12.2 Å². The van der Waals surface area contributed by atoms with E-state index in [9.17, 15) is 8.78 Å². The topological polar surface area (TPSA) is 64.1 Å². The highest BCUT2D eigenvalue weighted by Crippen LogP contribution is 2.34. The Bertz CT molecular complexity index is 1200. The quantitative estimate of drug-likeness (QED) is 0.514. The summed E-state index contributed by atoms with van der Waals surface area (Å²) in [5, 5.41) is 10.1. The van der Waals surface area contributed by atoms with Crippen molar-refractivity contribution < 1.29 is 8.78 Å². The predicted molar refractivity (Wildman–Crippen MR) is 108 cm³/mol. The van der Waals surface area contributed by atoms with Crippen LogP contribution in [0, 0.1) is 5.92 Å². The first kappa shape index (κ1) is 19.0. The number of fused-ring (bicyclic) bond motifs is 2. The van der Waals surface area contributed by atoms with Gasteiger partial charge in [-0.2, -0.15) is 15.2 Å². The first-order chi connectivity index (χ1) is 14.5. The molecular formula is C21H23F2N7. The van der Waals surface area contributed by atoms with E-state index in [-0.39, 0.29) is 17.4 Å². The van der Waals surface area contributed by atoms with Crippen molar-refractivity contribution in [2.75, 3.05) is 13.1 Å². The third-order valence-corrected chi connectivity index (χ3v) is 6.15. The molecular weight excluding hydrogens is 388 g/mol. The van der Waals surface area contributed by atoms with Gasteiger partial charge < -0.3 is 0 Å². The van der Waals surface area contributed by atoms with Crippen LogP contribution < -0.4 is 0 Å². The van der Waals surface area contributed by atoms with Crippen molar-refractivity contribution in [1.29, 1.82) is 0 Å². The Balaban J connectivity index is 1.47. The number of para-hydroxylation sites is 1. The monoisotopic (exact) mass is 411 g/mol. The first-order valence-corrected chi connectivity index (χ1v) is 10.1. The fraction of sp³-hybridized carbons (Fsp3) is 0.429. The second-order valence-electron chi connectivity index (χ2n) is 8.07. The van der Waals surface area contributed by atoms with Gasteiger partial charge in [0.05, 0.1) is 16.9 Å². The lowest BCUT2D eigenvalue weighted by Gasteiger charge is -2.37. The van der Waals surface area contributed by atoms with Gasteiger partial charge in [-0.25, -0.2) is 18.3 Å². The van der Waals surface area contributed by atoms with Crippen LogP contribution in [0.5, 0.6) is 0 Å². The van der Waals surface area contributed by atoms with E-state index < -0.39 is 6.43 Å². The summed E-state index contributed by atoms with van der Waals surface area (Å²) in [4.78, 5) is 10.4. The van der Waals surface area contributed by atoms with Crippen LogP contribution in [-0.4, -0.2) is 47.4 Å². The second-order valence-corrected chi connectivity index (χ2v) is 8.07. The van der Waals surface area contributed by atoms with Gasteiger partial charge in [0.2, 0.25) is 0 Å². The molecule has 1 aromatic carbocycles. The molecule has 0 bridgehead atoms. The van der Waals surface area contributed by atoms with E-state index in [4.69, 9.17) is 5.10 Å². The highest BCUT2D eigenvalue weighted by atomic mass is 19.3. The maximum atomic E-state index is 13.4. The number of likely N-dealkylation sites (tertiary alicyclic amines) is 1. The Morgan fingerprint density at radius 3 is 2.90 bits per heavy atom. The highest BCUT2D eigenvalue weighted by molar-refractivity contribution is 5.81. The Labute approximate surface area is 172 Å². The van der Waals surface area contributed by atoms with Crippen LogP contribution in [0.4, 0.5) is 8.78 Å². The zero-order valence-electron chi connectivity index (χ0n) is 16.9. The SMILES string of the molecule is C[C@@H]1CCN(Cc2nn(C)c3ccccc23)C[C@H]1c1cc(C(F)F)nc2ncnn12.